The minimum atomic E-state index is -0.483. The van der Waals surface area contributed by atoms with E-state index in [1.807, 2.05) is 33.0 Å². The highest BCUT2D eigenvalue weighted by atomic mass is 16.6. The van der Waals surface area contributed by atoms with Gasteiger partial charge in [0.15, 0.2) is 5.60 Å². The van der Waals surface area contributed by atoms with Gasteiger partial charge in [0.25, 0.3) is 0 Å². The number of amides is 1. The summed E-state index contributed by atoms with van der Waals surface area (Å²) in [5, 5.41) is 0. The highest BCUT2D eigenvalue weighted by molar-refractivity contribution is 5.75. The summed E-state index contributed by atoms with van der Waals surface area (Å²) < 4.78 is 16.6. The maximum absolute atomic E-state index is 12.3. The standard InChI is InChI=1S/C20H28N2O4/c1-14-6-9-21-17(20(24-5)12-25-13-20)16(14)15-7-10-22(11-8-15)18(23)26-19(2,3)4/h6-7,9H,8,10-13H2,1-5H3. The van der Waals surface area contributed by atoms with Crippen LogP contribution in [0.3, 0.4) is 0 Å². The van der Waals surface area contributed by atoms with Crippen LogP contribution < -0.4 is 0 Å². The van der Waals surface area contributed by atoms with E-state index < -0.39 is 11.2 Å². The first-order valence-corrected chi connectivity index (χ1v) is 9.02. The molecule has 6 heteroatoms. The second-order valence-electron chi connectivity index (χ2n) is 7.95. The van der Waals surface area contributed by atoms with E-state index in [0.717, 1.165) is 23.2 Å². The summed E-state index contributed by atoms with van der Waals surface area (Å²) in [5.41, 5.74) is 3.47. The minimum absolute atomic E-state index is 0.267. The SMILES string of the molecule is COC1(c2nccc(C)c2C2=CCN(C(=O)OC(C)(C)C)CC2)COC1. The molecule has 142 valence electrons. The summed E-state index contributed by atoms with van der Waals surface area (Å²) in [7, 11) is 1.70. The van der Waals surface area contributed by atoms with Crippen molar-refractivity contribution in [3.8, 4) is 0 Å². The Balaban J connectivity index is 1.84. The van der Waals surface area contributed by atoms with E-state index in [4.69, 9.17) is 14.2 Å². The highest BCUT2D eigenvalue weighted by Crippen LogP contribution is 2.38. The molecule has 0 bridgehead atoms. The van der Waals surface area contributed by atoms with Crippen LogP contribution in [0.5, 0.6) is 0 Å². The van der Waals surface area contributed by atoms with Gasteiger partial charge in [0.1, 0.15) is 5.60 Å². The smallest absolute Gasteiger partial charge is 0.410 e. The molecule has 6 nitrogen and oxygen atoms in total. The summed E-state index contributed by atoms with van der Waals surface area (Å²) >= 11 is 0. The quantitative estimate of drug-likeness (QED) is 0.828. The Morgan fingerprint density at radius 1 is 1.35 bits per heavy atom. The topological polar surface area (TPSA) is 60.9 Å². The Morgan fingerprint density at radius 2 is 2.08 bits per heavy atom. The molecule has 1 amide bonds. The summed E-state index contributed by atoms with van der Waals surface area (Å²) in [4.78, 5) is 18.6. The molecule has 1 fully saturated rings. The van der Waals surface area contributed by atoms with Crippen LogP contribution in [0.2, 0.25) is 0 Å². The number of rotatable bonds is 3. The first-order chi connectivity index (χ1) is 12.3. The summed E-state index contributed by atoms with van der Waals surface area (Å²) in [6.07, 6.45) is 4.42. The Bertz CT molecular complexity index is 712. The number of aryl methyl sites for hydroxylation is 1. The van der Waals surface area contributed by atoms with E-state index in [2.05, 4.69) is 18.0 Å². The van der Waals surface area contributed by atoms with Crippen LogP contribution in [-0.4, -0.2) is 55.0 Å². The fourth-order valence-corrected chi connectivity index (χ4v) is 3.34. The lowest BCUT2D eigenvalue weighted by atomic mass is 9.85. The number of pyridine rings is 1. The van der Waals surface area contributed by atoms with Gasteiger partial charge in [-0.15, -0.1) is 0 Å². The van der Waals surface area contributed by atoms with Gasteiger partial charge in [0.05, 0.1) is 18.9 Å². The molecule has 1 saturated heterocycles. The van der Waals surface area contributed by atoms with Gasteiger partial charge in [0.2, 0.25) is 0 Å². The number of carbonyl (C=O) groups excluding carboxylic acids is 1. The van der Waals surface area contributed by atoms with Crippen LogP contribution >= 0.6 is 0 Å². The number of carbonyl (C=O) groups is 1. The number of hydrogen-bond donors (Lipinski definition) is 0. The molecule has 0 atom stereocenters. The molecule has 0 N–H and O–H groups in total. The van der Waals surface area contributed by atoms with Crippen molar-refractivity contribution in [2.75, 3.05) is 33.4 Å². The van der Waals surface area contributed by atoms with Gasteiger partial charge < -0.3 is 19.1 Å². The molecule has 1 aromatic rings. The third kappa shape index (κ3) is 3.62. The second kappa shape index (κ2) is 7.00. The Morgan fingerprint density at radius 3 is 2.58 bits per heavy atom. The van der Waals surface area contributed by atoms with Gasteiger partial charge in [-0.3, -0.25) is 4.98 Å². The van der Waals surface area contributed by atoms with Gasteiger partial charge in [-0.05, 0) is 51.3 Å². The second-order valence-corrected chi connectivity index (χ2v) is 7.95. The zero-order valence-electron chi connectivity index (χ0n) is 16.3. The largest absolute Gasteiger partial charge is 0.444 e. The molecule has 0 spiro atoms. The average molecular weight is 360 g/mol. The Hall–Kier alpha value is -1.92. The fraction of sp³-hybridized carbons (Fsp3) is 0.600. The number of nitrogens with zero attached hydrogens (tertiary/aromatic N) is 2. The van der Waals surface area contributed by atoms with Crippen LogP contribution in [-0.2, 0) is 19.8 Å². The van der Waals surface area contributed by atoms with E-state index in [1.165, 1.54) is 5.57 Å². The average Bonchev–Trinajstić information content (AvgIpc) is 2.53. The number of methoxy groups -OCH3 is 1. The molecule has 0 radical (unpaired) electrons. The number of ether oxygens (including phenoxy) is 3. The van der Waals surface area contributed by atoms with Gasteiger partial charge in [-0.1, -0.05) is 6.08 Å². The third-order valence-electron chi connectivity index (χ3n) is 4.83. The molecule has 0 saturated carbocycles. The fourth-order valence-electron chi connectivity index (χ4n) is 3.34. The zero-order chi connectivity index (χ0) is 18.9. The summed E-state index contributed by atoms with van der Waals surface area (Å²) in [6.45, 7) is 9.93. The molecule has 0 aromatic carbocycles. The van der Waals surface area contributed by atoms with Crippen molar-refractivity contribution in [2.45, 2.75) is 45.3 Å². The monoisotopic (exact) mass is 360 g/mol. The van der Waals surface area contributed by atoms with Crippen molar-refractivity contribution in [1.29, 1.82) is 0 Å². The molecule has 2 aliphatic heterocycles. The Kier molecular flexibility index (Phi) is 5.08. The summed E-state index contributed by atoms with van der Waals surface area (Å²) in [5.74, 6) is 0. The predicted molar refractivity (Wildman–Crippen MR) is 98.9 cm³/mol. The van der Waals surface area contributed by atoms with Crippen molar-refractivity contribution < 1.29 is 19.0 Å². The lowest BCUT2D eigenvalue weighted by molar-refractivity contribution is -0.204. The van der Waals surface area contributed by atoms with Gasteiger partial charge in [-0.2, -0.15) is 0 Å². The van der Waals surface area contributed by atoms with E-state index in [-0.39, 0.29) is 6.09 Å². The van der Waals surface area contributed by atoms with Crippen molar-refractivity contribution in [2.24, 2.45) is 0 Å². The first-order valence-electron chi connectivity index (χ1n) is 9.02. The first kappa shape index (κ1) is 18.9. The minimum Gasteiger partial charge on any atom is -0.444 e. The molecule has 0 unspecified atom stereocenters. The lowest BCUT2D eigenvalue weighted by Gasteiger charge is -2.41. The van der Waals surface area contributed by atoms with Crippen LogP contribution in [0, 0.1) is 6.92 Å². The van der Waals surface area contributed by atoms with Crippen LogP contribution in [0.4, 0.5) is 4.79 Å². The molecule has 1 aromatic heterocycles. The van der Waals surface area contributed by atoms with Gasteiger partial charge in [-0.25, -0.2) is 4.79 Å². The number of hydrogen-bond acceptors (Lipinski definition) is 5. The van der Waals surface area contributed by atoms with E-state index in [0.29, 0.717) is 26.3 Å². The molecule has 2 aliphatic rings. The van der Waals surface area contributed by atoms with Crippen molar-refractivity contribution in [3.05, 3.63) is 35.2 Å². The lowest BCUT2D eigenvalue weighted by Crippen LogP contribution is -2.49. The molecular formula is C20H28N2O4. The van der Waals surface area contributed by atoms with E-state index >= 15 is 0 Å². The van der Waals surface area contributed by atoms with Gasteiger partial charge in [0, 0.05) is 32.0 Å². The normalized spacial score (nSPS) is 19.6. The van der Waals surface area contributed by atoms with E-state index in [1.54, 1.807) is 12.0 Å². The molecule has 0 aliphatic carbocycles. The summed E-state index contributed by atoms with van der Waals surface area (Å²) in [6, 6.07) is 2.02. The molecule has 26 heavy (non-hydrogen) atoms. The number of aromatic nitrogens is 1. The van der Waals surface area contributed by atoms with Gasteiger partial charge >= 0.3 is 6.09 Å². The highest BCUT2D eigenvalue weighted by Gasteiger charge is 2.44. The maximum Gasteiger partial charge on any atom is 0.410 e. The van der Waals surface area contributed by atoms with Crippen molar-refractivity contribution in [1.82, 2.24) is 9.88 Å². The maximum atomic E-state index is 12.3. The Labute approximate surface area is 155 Å². The molecule has 3 heterocycles. The van der Waals surface area contributed by atoms with Crippen molar-refractivity contribution in [3.63, 3.8) is 0 Å². The zero-order valence-corrected chi connectivity index (χ0v) is 16.3. The van der Waals surface area contributed by atoms with Crippen LogP contribution in [0.15, 0.2) is 18.3 Å². The molecule has 3 rings (SSSR count). The third-order valence-corrected chi connectivity index (χ3v) is 4.83. The van der Waals surface area contributed by atoms with Crippen LogP contribution in [0.1, 0.15) is 44.0 Å². The van der Waals surface area contributed by atoms with E-state index in [9.17, 15) is 4.79 Å². The van der Waals surface area contributed by atoms with Crippen LogP contribution in [0.25, 0.3) is 5.57 Å². The molecular weight excluding hydrogens is 332 g/mol. The predicted octanol–water partition coefficient (Wildman–Crippen LogP) is 3.29. The van der Waals surface area contributed by atoms with Crippen molar-refractivity contribution >= 4 is 11.7 Å².